The number of methoxy groups -OCH3 is 1. The average Bonchev–Trinajstić information content (AvgIpc) is 3.31. The lowest BCUT2D eigenvalue weighted by molar-refractivity contribution is 0.0734. The number of likely N-dealkylation sites (tertiary alicyclic amines) is 1. The molecule has 34 heavy (non-hydrogen) atoms. The van der Waals surface area contributed by atoms with E-state index in [2.05, 4.69) is 37.7 Å². The first-order valence-electron chi connectivity index (χ1n) is 12.5. The van der Waals surface area contributed by atoms with E-state index in [1.807, 2.05) is 12.1 Å². The van der Waals surface area contributed by atoms with Gasteiger partial charge in [-0.25, -0.2) is 4.99 Å². The number of hydrogen-bond donors (Lipinski definition) is 4. The molecule has 4 saturated heterocycles. The number of aliphatic imine (C=N–C) groups is 2. The molecule has 0 amide bonds. The van der Waals surface area contributed by atoms with Crippen LogP contribution in [-0.2, 0) is 0 Å². The molecule has 5 N–H and O–H groups in total. The Morgan fingerprint density at radius 3 is 2.74 bits per heavy atom. The zero-order chi connectivity index (χ0) is 23.9. The summed E-state index contributed by atoms with van der Waals surface area (Å²) in [7, 11) is 1.60. The van der Waals surface area contributed by atoms with Crippen molar-refractivity contribution in [3.8, 4) is 5.75 Å². The van der Waals surface area contributed by atoms with Crippen LogP contribution in [0, 0.1) is 5.92 Å². The molecule has 1 aromatic carbocycles. The summed E-state index contributed by atoms with van der Waals surface area (Å²) in [5.41, 5.74) is 7.03. The quantitative estimate of drug-likeness (QED) is 0.327. The van der Waals surface area contributed by atoms with E-state index in [0.717, 1.165) is 37.8 Å². The number of nitrogens with two attached hydrogens (primary N) is 1. The molecule has 9 nitrogen and oxygen atoms in total. The molecule has 4 fully saturated rings. The second-order valence-corrected chi connectivity index (χ2v) is 9.77. The summed E-state index contributed by atoms with van der Waals surface area (Å²) >= 11 is 6.31. The highest BCUT2D eigenvalue weighted by Gasteiger charge is 2.33. The number of likely N-dealkylation sites (N-methyl/N-ethyl adjacent to an activating group) is 1. The number of fused-ring (bicyclic) bond motifs is 3. The minimum absolute atomic E-state index is 0.358. The Kier molecular flexibility index (Phi) is 8.88. The number of halogens is 1. The van der Waals surface area contributed by atoms with Gasteiger partial charge < -0.3 is 26.0 Å². The molecular formula is C24H39ClN8O. The van der Waals surface area contributed by atoms with E-state index in [0.29, 0.717) is 41.4 Å². The van der Waals surface area contributed by atoms with Gasteiger partial charge in [0.25, 0.3) is 0 Å². The summed E-state index contributed by atoms with van der Waals surface area (Å²) in [6.45, 7) is 9.21. The molecule has 0 radical (unpaired) electrons. The normalized spacial score (nSPS) is 27.7. The highest BCUT2D eigenvalue weighted by Crippen LogP contribution is 2.28. The van der Waals surface area contributed by atoms with Gasteiger partial charge in [0, 0.05) is 30.9 Å². The molecule has 4 aliphatic heterocycles. The number of piperidine rings is 3. The van der Waals surface area contributed by atoms with Gasteiger partial charge in [-0.2, -0.15) is 4.99 Å². The number of anilines is 1. The highest BCUT2D eigenvalue weighted by atomic mass is 35.5. The Hall–Kier alpha value is -2.07. The molecule has 2 unspecified atom stereocenters. The van der Waals surface area contributed by atoms with Crippen LogP contribution < -0.4 is 26.4 Å². The lowest BCUT2D eigenvalue weighted by Crippen LogP contribution is -2.56. The number of hydrogen-bond acceptors (Lipinski definition) is 5. The van der Waals surface area contributed by atoms with Crippen LogP contribution in [-0.4, -0.2) is 86.8 Å². The first-order chi connectivity index (χ1) is 16.6. The summed E-state index contributed by atoms with van der Waals surface area (Å²) in [6, 6.07) is 6.47. The number of benzene rings is 1. The summed E-state index contributed by atoms with van der Waals surface area (Å²) in [5.74, 6) is 2.16. The van der Waals surface area contributed by atoms with Crippen LogP contribution in [0.15, 0.2) is 28.2 Å². The van der Waals surface area contributed by atoms with Gasteiger partial charge in [0.15, 0.2) is 5.96 Å². The van der Waals surface area contributed by atoms with E-state index < -0.39 is 0 Å². The van der Waals surface area contributed by atoms with Gasteiger partial charge in [0.2, 0.25) is 5.96 Å². The van der Waals surface area contributed by atoms with Gasteiger partial charge in [-0.05, 0) is 76.0 Å². The standard InChI is InChI=1S/C24H39ClN8O/c1-3-33-10-4-5-19(33)14-27-23(26)31-24(30-18-6-7-22(34-2)20(25)13-18)29-16-28-21-15-32-11-8-17(21)9-12-32/h6-7,13,17,19,21,28H,3-5,8-12,14-16H2,1-2H3,(H4,26,27,29,30,31). The Morgan fingerprint density at radius 1 is 1.24 bits per heavy atom. The van der Waals surface area contributed by atoms with Crippen molar-refractivity contribution in [1.82, 2.24) is 20.4 Å². The topological polar surface area (TPSA) is 103 Å². The SMILES string of the molecule is CCN1CCCC1CN/C(N)=N/C(=N\CNC1CN2CCC1CC2)Nc1ccc(OC)c(Cl)c1. The van der Waals surface area contributed by atoms with Crippen LogP contribution in [0.5, 0.6) is 5.75 Å². The first-order valence-corrected chi connectivity index (χ1v) is 12.9. The van der Waals surface area contributed by atoms with E-state index in [-0.39, 0.29) is 0 Å². The molecule has 5 rings (SSSR count). The second-order valence-electron chi connectivity index (χ2n) is 9.37. The molecule has 0 spiro atoms. The van der Waals surface area contributed by atoms with Crippen molar-refractivity contribution in [2.75, 3.05) is 58.4 Å². The Labute approximate surface area is 208 Å². The van der Waals surface area contributed by atoms with Gasteiger partial charge in [0.05, 0.1) is 18.8 Å². The van der Waals surface area contributed by atoms with Gasteiger partial charge in [0.1, 0.15) is 5.75 Å². The molecule has 2 bridgehead atoms. The van der Waals surface area contributed by atoms with Crippen molar-refractivity contribution in [1.29, 1.82) is 0 Å². The van der Waals surface area contributed by atoms with Crippen LogP contribution in [0.4, 0.5) is 5.69 Å². The number of nitrogens with one attached hydrogen (secondary N) is 3. The number of rotatable bonds is 8. The number of ether oxygens (including phenoxy) is 1. The summed E-state index contributed by atoms with van der Waals surface area (Å²) < 4.78 is 5.26. The molecule has 2 atom stereocenters. The fraction of sp³-hybridized carbons (Fsp3) is 0.667. The van der Waals surface area contributed by atoms with Gasteiger partial charge >= 0.3 is 0 Å². The van der Waals surface area contributed by atoms with Crippen LogP contribution in [0.25, 0.3) is 0 Å². The molecule has 1 aromatic rings. The molecule has 4 aliphatic rings. The minimum Gasteiger partial charge on any atom is -0.495 e. The first kappa shape index (κ1) is 25.0. The van der Waals surface area contributed by atoms with Crippen LogP contribution >= 0.6 is 11.6 Å². The minimum atomic E-state index is 0.358. The third kappa shape index (κ3) is 6.53. The predicted molar refractivity (Wildman–Crippen MR) is 140 cm³/mol. The largest absolute Gasteiger partial charge is 0.495 e. The zero-order valence-electron chi connectivity index (χ0n) is 20.4. The molecule has 10 heteroatoms. The van der Waals surface area contributed by atoms with E-state index in [9.17, 15) is 0 Å². The zero-order valence-corrected chi connectivity index (χ0v) is 21.2. The Bertz CT molecular complexity index is 871. The molecule has 188 valence electrons. The van der Waals surface area contributed by atoms with Crippen molar-refractivity contribution in [3.05, 3.63) is 23.2 Å². The van der Waals surface area contributed by atoms with Crippen LogP contribution in [0.2, 0.25) is 5.02 Å². The van der Waals surface area contributed by atoms with Crippen molar-refractivity contribution in [2.24, 2.45) is 21.6 Å². The molecule has 0 aliphatic carbocycles. The van der Waals surface area contributed by atoms with E-state index >= 15 is 0 Å². The van der Waals surface area contributed by atoms with Gasteiger partial charge in [-0.3, -0.25) is 10.2 Å². The van der Waals surface area contributed by atoms with Crippen molar-refractivity contribution < 1.29 is 4.74 Å². The Balaban J connectivity index is 1.41. The van der Waals surface area contributed by atoms with E-state index in [1.54, 1.807) is 13.2 Å². The lowest BCUT2D eigenvalue weighted by Gasteiger charge is -2.44. The van der Waals surface area contributed by atoms with Crippen LogP contribution in [0.1, 0.15) is 32.6 Å². The van der Waals surface area contributed by atoms with Crippen molar-refractivity contribution in [3.63, 3.8) is 0 Å². The maximum atomic E-state index is 6.31. The fourth-order valence-corrected chi connectivity index (χ4v) is 5.59. The van der Waals surface area contributed by atoms with Crippen molar-refractivity contribution in [2.45, 2.75) is 44.7 Å². The number of guanidine groups is 2. The second kappa shape index (κ2) is 12.1. The third-order valence-electron chi connectivity index (χ3n) is 7.30. The number of nitrogens with zero attached hydrogens (tertiary/aromatic N) is 4. The fourth-order valence-electron chi connectivity index (χ4n) is 5.33. The maximum absolute atomic E-state index is 6.31. The van der Waals surface area contributed by atoms with Gasteiger partial charge in [-0.15, -0.1) is 0 Å². The predicted octanol–water partition coefficient (Wildman–Crippen LogP) is 2.15. The molecular weight excluding hydrogens is 452 g/mol. The molecule has 0 saturated carbocycles. The van der Waals surface area contributed by atoms with Crippen LogP contribution in [0.3, 0.4) is 0 Å². The van der Waals surface area contributed by atoms with Crippen molar-refractivity contribution >= 4 is 29.2 Å². The monoisotopic (exact) mass is 490 g/mol. The summed E-state index contributed by atoms with van der Waals surface area (Å²) in [4.78, 5) is 14.3. The third-order valence-corrected chi connectivity index (χ3v) is 7.59. The Morgan fingerprint density at radius 2 is 2.06 bits per heavy atom. The molecule has 0 aromatic heterocycles. The average molecular weight is 491 g/mol. The summed E-state index contributed by atoms with van der Waals surface area (Å²) in [6.07, 6.45) is 4.94. The van der Waals surface area contributed by atoms with E-state index in [4.69, 9.17) is 27.1 Å². The summed E-state index contributed by atoms with van der Waals surface area (Å²) in [5, 5.41) is 10.7. The van der Waals surface area contributed by atoms with E-state index in [1.165, 1.54) is 38.8 Å². The lowest BCUT2D eigenvalue weighted by atomic mass is 9.84. The smallest absolute Gasteiger partial charge is 0.227 e. The maximum Gasteiger partial charge on any atom is 0.227 e. The highest BCUT2D eigenvalue weighted by molar-refractivity contribution is 6.32. The molecule has 4 heterocycles. The van der Waals surface area contributed by atoms with Gasteiger partial charge in [-0.1, -0.05) is 18.5 Å².